The van der Waals surface area contributed by atoms with Crippen LogP contribution in [0.15, 0.2) is 23.2 Å². The second kappa shape index (κ2) is 6.69. The highest BCUT2D eigenvalue weighted by molar-refractivity contribution is 6.02. The number of aromatic carboxylic acids is 1. The summed E-state index contributed by atoms with van der Waals surface area (Å²) in [4.78, 5) is 40.8. The lowest BCUT2D eigenvalue weighted by Crippen LogP contribution is -2.33. The van der Waals surface area contributed by atoms with Crippen LogP contribution in [0.5, 0.6) is 0 Å². The van der Waals surface area contributed by atoms with Crippen molar-refractivity contribution in [2.24, 2.45) is 22.4 Å². The first-order valence-electron chi connectivity index (χ1n) is 7.51. The van der Waals surface area contributed by atoms with E-state index in [1.165, 1.54) is 12.1 Å². The van der Waals surface area contributed by atoms with Gasteiger partial charge in [-0.2, -0.15) is 4.99 Å². The molecule has 0 bridgehead atoms. The lowest BCUT2D eigenvalue weighted by Gasteiger charge is -2.26. The second-order valence-electron chi connectivity index (χ2n) is 6.11. The van der Waals surface area contributed by atoms with Gasteiger partial charge in [-0.25, -0.2) is 4.79 Å². The van der Waals surface area contributed by atoms with E-state index in [1.807, 2.05) is 13.8 Å². The van der Waals surface area contributed by atoms with Crippen molar-refractivity contribution < 1.29 is 19.5 Å². The zero-order valence-corrected chi connectivity index (χ0v) is 13.5. The maximum atomic E-state index is 12.7. The average molecular weight is 332 g/mol. The van der Waals surface area contributed by atoms with Crippen LogP contribution in [0.25, 0.3) is 0 Å². The molecule has 1 aliphatic rings. The lowest BCUT2D eigenvalue weighted by molar-refractivity contribution is -0.118. The van der Waals surface area contributed by atoms with E-state index in [4.69, 9.17) is 16.6 Å². The monoisotopic (exact) mass is 332 g/mol. The molecule has 0 fully saturated rings. The minimum Gasteiger partial charge on any atom is -0.478 e. The van der Waals surface area contributed by atoms with Crippen molar-refractivity contribution in [3.8, 4) is 0 Å². The van der Waals surface area contributed by atoms with Gasteiger partial charge in [0.05, 0.1) is 18.0 Å². The Morgan fingerprint density at radius 3 is 2.54 bits per heavy atom. The fourth-order valence-corrected chi connectivity index (χ4v) is 2.81. The predicted octanol–water partition coefficient (Wildman–Crippen LogP) is 0.728. The molecule has 0 aromatic heterocycles. The Kier molecular flexibility index (Phi) is 4.87. The van der Waals surface area contributed by atoms with E-state index in [0.29, 0.717) is 17.7 Å². The molecule has 0 radical (unpaired) electrons. The number of carbonyl (C=O) groups excluding carboxylic acids is 2. The highest BCUT2D eigenvalue weighted by atomic mass is 16.4. The van der Waals surface area contributed by atoms with Gasteiger partial charge in [0.15, 0.2) is 5.96 Å². The summed E-state index contributed by atoms with van der Waals surface area (Å²) in [7, 11) is 0. The van der Waals surface area contributed by atoms with Gasteiger partial charge in [0.2, 0.25) is 0 Å². The minimum atomic E-state index is -1.11. The molecule has 0 saturated heterocycles. The van der Waals surface area contributed by atoms with Gasteiger partial charge in [-0.3, -0.25) is 9.59 Å². The van der Waals surface area contributed by atoms with E-state index in [-0.39, 0.29) is 29.8 Å². The van der Waals surface area contributed by atoms with Crippen LogP contribution in [0, 0.1) is 5.92 Å². The van der Waals surface area contributed by atoms with Crippen LogP contribution in [0.3, 0.4) is 0 Å². The Balaban J connectivity index is 2.42. The van der Waals surface area contributed by atoms with Gasteiger partial charge in [0, 0.05) is 12.1 Å². The summed E-state index contributed by atoms with van der Waals surface area (Å²) < 4.78 is 0. The number of benzene rings is 1. The van der Waals surface area contributed by atoms with Crippen LogP contribution in [-0.2, 0) is 4.79 Å². The van der Waals surface area contributed by atoms with Crippen molar-refractivity contribution in [3.05, 3.63) is 34.9 Å². The van der Waals surface area contributed by atoms with Crippen molar-refractivity contribution in [1.82, 2.24) is 4.90 Å². The molecule has 1 heterocycles. The van der Waals surface area contributed by atoms with Gasteiger partial charge in [0.25, 0.3) is 11.8 Å². The number of guanidine groups is 1. The number of fused-ring (bicyclic) bond motifs is 1. The van der Waals surface area contributed by atoms with Crippen molar-refractivity contribution in [3.63, 3.8) is 0 Å². The van der Waals surface area contributed by atoms with Crippen molar-refractivity contribution in [1.29, 1.82) is 0 Å². The molecule has 0 spiro atoms. The fraction of sp³-hybridized carbons (Fsp3) is 0.375. The molecule has 8 heteroatoms. The number of carboxylic acid groups (broad SMARTS) is 1. The Morgan fingerprint density at radius 1 is 1.33 bits per heavy atom. The third-order valence-electron chi connectivity index (χ3n) is 3.71. The van der Waals surface area contributed by atoms with Crippen molar-refractivity contribution in [2.75, 3.05) is 6.54 Å². The van der Waals surface area contributed by atoms with Crippen LogP contribution < -0.4 is 11.5 Å². The number of hydrogen-bond acceptors (Lipinski definition) is 3. The number of hydrogen-bond donors (Lipinski definition) is 3. The van der Waals surface area contributed by atoms with Crippen molar-refractivity contribution >= 4 is 23.7 Å². The molecule has 128 valence electrons. The zero-order chi connectivity index (χ0) is 18.0. The average Bonchev–Trinajstić information content (AvgIpc) is 2.71. The Morgan fingerprint density at radius 2 is 2.00 bits per heavy atom. The molecule has 8 nitrogen and oxygen atoms in total. The third-order valence-corrected chi connectivity index (χ3v) is 3.71. The first-order valence-corrected chi connectivity index (χ1v) is 7.51. The zero-order valence-electron chi connectivity index (χ0n) is 13.5. The first kappa shape index (κ1) is 17.5. The molecular weight excluding hydrogens is 312 g/mol. The smallest absolute Gasteiger partial charge is 0.335 e. The van der Waals surface area contributed by atoms with Crippen LogP contribution in [0.2, 0.25) is 0 Å². The molecular formula is C16H20N4O4. The van der Waals surface area contributed by atoms with E-state index in [1.54, 1.807) is 11.0 Å². The van der Waals surface area contributed by atoms with Gasteiger partial charge in [-0.05, 0) is 23.6 Å². The van der Waals surface area contributed by atoms with E-state index >= 15 is 0 Å². The summed E-state index contributed by atoms with van der Waals surface area (Å²) in [5.41, 5.74) is 11.4. The molecule has 1 atom stereocenters. The summed E-state index contributed by atoms with van der Waals surface area (Å²) in [6.07, 6.45) is -0.0597. The summed E-state index contributed by atoms with van der Waals surface area (Å²) >= 11 is 0. The molecule has 5 N–H and O–H groups in total. The molecule has 24 heavy (non-hydrogen) atoms. The van der Waals surface area contributed by atoms with E-state index in [0.717, 1.165) is 0 Å². The Labute approximate surface area is 139 Å². The molecule has 0 aliphatic carbocycles. The number of nitrogens with zero attached hydrogens (tertiary/aromatic N) is 2. The quantitative estimate of drug-likeness (QED) is 0.536. The van der Waals surface area contributed by atoms with Gasteiger partial charge >= 0.3 is 5.97 Å². The number of amides is 2. The van der Waals surface area contributed by atoms with Crippen LogP contribution in [0.4, 0.5) is 0 Å². The van der Waals surface area contributed by atoms with Gasteiger partial charge in [-0.1, -0.05) is 19.9 Å². The molecule has 2 rings (SSSR count). The highest BCUT2D eigenvalue weighted by Crippen LogP contribution is 2.37. The summed E-state index contributed by atoms with van der Waals surface area (Å²) in [6, 6.07) is 3.84. The normalized spacial score (nSPS) is 16.2. The SMILES string of the molecule is CC(C)CN1C(=O)c2cc(C(=O)O)ccc2C1CC(=O)N=C(N)N. The first-order chi connectivity index (χ1) is 11.2. The number of carbonyl (C=O) groups is 3. The standard InChI is InChI=1S/C16H20N4O4/c1-8(2)7-20-12(6-13(21)19-16(17)18)10-4-3-9(15(23)24)5-11(10)14(20)22/h3-5,8,12H,6-7H2,1-2H3,(H,23,24)(H4,17,18,19,21). The van der Waals surface area contributed by atoms with E-state index < -0.39 is 17.9 Å². The number of aliphatic imine (C=N–C) groups is 1. The number of nitrogens with two attached hydrogens (primary N) is 2. The molecule has 1 unspecified atom stereocenters. The summed E-state index contributed by atoms with van der Waals surface area (Å²) in [5, 5.41) is 9.10. The number of rotatable bonds is 5. The third kappa shape index (κ3) is 3.53. The van der Waals surface area contributed by atoms with E-state index in [9.17, 15) is 14.4 Å². The van der Waals surface area contributed by atoms with Crippen LogP contribution >= 0.6 is 0 Å². The number of carboxylic acids is 1. The maximum Gasteiger partial charge on any atom is 0.335 e. The van der Waals surface area contributed by atoms with Crippen LogP contribution in [-0.4, -0.2) is 40.3 Å². The topological polar surface area (TPSA) is 139 Å². The summed E-state index contributed by atoms with van der Waals surface area (Å²) in [5.74, 6) is -2.08. The van der Waals surface area contributed by atoms with Gasteiger partial charge in [0.1, 0.15) is 0 Å². The highest BCUT2D eigenvalue weighted by Gasteiger charge is 2.38. The summed E-state index contributed by atoms with van der Waals surface area (Å²) in [6.45, 7) is 4.34. The lowest BCUT2D eigenvalue weighted by atomic mass is 9.99. The van der Waals surface area contributed by atoms with Crippen molar-refractivity contribution in [2.45, 2.75) is 26.3 Å². The fourth-order valence-electron chi connectivity index (χ4n) is 2.81. The molecule has 1 aromatic rings. The minimum absolute atomic E-state index is 0.0304. The molecule has 1 aliphatic heterocycles. The maximum absolute atomic E-state index is 12.7. The molecule has 2 amide bonds. The molecule has 1 aromatic carbocycles. The second-order valence-corrected chi connectivity index (χ2v) is 6.11. The molecule has 0 saturated carbocycles. The van der Waals surface area contributed by atoms with Gasteiger partial charge in [-0.15, -0.1) is 0 Å². The van der Waals surface area contributed by atoms with Gasteiger partial charge < -0.3 is 21.5 Å². The predicted molar refractivity (Wildman–Crippen MR) is 87.5 cm³/mol. The largest absolute Gasteiger partial charge is 0.478 e. The Bertz CT molecular complexity index is 723. The Hall–Kier alpha value is -2.90. The van der Waals surface area contributed by atoms with E-state index in [2.05, 4.69) is 4.99 Å². The van der Waals surface area contributed by atoms with Crippen LogP contribution in [0.1, 0.15) is 52.6 Å².